The molecule has 1 aromatic carbocycles. The summed E-state index contributed by atoms with van der Waals surface area (Å²) >= 11 is 1.30. The molecule has 7 heteroatoms. The molecule has 3 N–H and O–H groups in total. The number of amides is 1. The maximum absolute atomic E-state index is 12.7. The molecule has 1 fully saturated rings. The number of nitrogens with two attached hydrogens (primary N) is 1. The molecule has 6 nitrogen and oxygen atoms in total. The van der Waals surface area contributed by atoms with Gasteiger partial charge in [0.2, 0.25) is 0 Å². The van der Waals surface area contributed by atoms with Crippen LogP contribution in [0, 0.1) is 13.8 Å². The van der Waals surface area contributed by atoms with Crippen LogP contribution in [0.3, 0.4) is 0 Å². The summed E-state index contributed by atoms with van der Waals surface area (Å²) < 4.78 is 5.19. The molecule has 3 aromatic rings. The summed E-state index contributed by atoms with van der Waals surface area (Å²) in [6.07, 6.45) is 0.931. The molecule has 0 saturated heterocycles. The normalized spacial score (nSPS) is 18.7. The Balaban J connectivity index is 1.52. The molecule has 1 amide bonds. The Morgan fingerprint density at radius 3 is 2.69 bits per heavy atom. The van der Waals surface area contributed by atoms with Gasteiger partial charge in [0.05, 0.1) is 18.5 Å². The van der Waals surface area contributed by atoms with Crippen molar-refractivity contribution in [3.8, 4) is 5.75 Å². The van der Waals surface area contributed by atoms with E-state index in [-0.39, 0.29) is 11.9 Å². The number of carbonyl (C=O) groups is 1. The number of hydrogen-bond acceptors (Lipinski definition) is 6. The van der Waals surface area contributed by atoms with Crippen LogP contribution in [0.5, 0.6) is 5.75 Å². The summed E-state index contributed by atoms with van der Waals surface area (Å²) in [5.41, 5.74) is 9.76. The predicted molar refractivity (Wildman–Crippen MR) is 103 cm³/mol. The lowest BCUT2D eigenvalue weighted by Crippen LogP contribution is -2.26. The van der Waals surface area contributed by atoms with Crippen LogP contribution in [0.25, 0.3) is 10.2 Å². The third-order valence-corrected chi connectivity index (χ3v) is 6.08. The second-order valence-electron chi connectivity index (χ2n) is 6.63. The van der Waals surface area contributed by atoms with E-state index in [1.54, 1.807) is 7.11 Å². The number of nitrogen functional groups attached to an aromatic ring is 1. The molecular weight excluding hydrogens is 348 g/mol. The maximum atomic E-state index is 12.7. The fourth-order valence-electron chi connectivity index (χ4n) is 3.22. The first-order valence-electron chi connectivity index (χ1n) is 8.46. The SMILES string of the molecule is COc1ccc([C@H]2C[C@@H]2NC(=O)c2sc3nnc(C)c(C)c3c2N)cc1. The number of aromatic nitrogens is 2. The first-order chi connectivity index (χ1) is 12.5. The van der Waals surface area contributed by atoms with E-state index in [0.29, 0.717) is 21.3 Å². The molecule has 1 aliphatic carbocycles. The second-order valence-corrected chi connectivity index (χ2v) is 7.63. The zero-order valence-corrected chi connectivity index (χ0v) is 15.7. The number of fused-ring (bicyclic) bond motifs is 1. The Morgan fingerprint density at radius 2 is 2.00 bits per heavy atom. The second kappa shape index (κ2) is 6.25. The first kappa shape index (κ1) is 16.8. The van der Waals surface area contributed by atoms with Gasteiger partial charge in [-0.25, -0.2) is 0 Å². The first-order valence-corrected chi connectivity index (χ1v) is 9.28. The molecule has 2 heterocycles. The van der Waals surface area contributed by atoms with Gasteiger partial charge in [0, 0.05) is 17.3 Å². The number of anilines is 1. The molecule has 0 spiro atoms. The van der Waals surface area contributed by atoms with Crippen molar-refractivity contribution in [1.29, 1.82) is 0 Å². The van der Waals surface area contributed by atoms with Crippen molar-refractivity contribution in [3.05, 3.63) is 46.0 Å². The third kappa shape index (κ3) is 2.78. The minimum absolute atomic E-state index is 0.134. The van der Waals surface area contributed by atoms with Gasteiger partial charge < -0.3 is 15.8 Å². The van der Waals surface area contributed by atoms with Crippen LogP contribution >= 0.6 is 11.3 Å². The van der Waals surface area contributed by atoms with E-state index in [2.05, 4.69) is 15.5 Å². The zero-order valence-electron chi connectivity index (χ0n) is 14.9. The van der Waals surface area contributed by atoms with Crippen molar-refractivity contribution >= 4 is 33.1 Å². The highest BCUT2D eigenvalue weighted by atomic mass is 32.1. The minimum atomic E-state index is -0.136. The smallest absolute Gasteiger partial charge is 0.263 e. The molecule has 0 unspecified atom stereocenters. The van der Waals surface area contributed by atoms with Gasteiger partial charge in [-0.1, -0.05) is 12.1 Å². The standard InChI is InChI=1S/C19H20N4O2S/c1-9-10(2)22-23-19-15(9)16(20)17(26-19)18(24)21-14-8-13(14)11-4-6-12(25-3)7-5-11/h4-7,13-14H,8,20H2,1-3H3,(H,21,24)/t13-,14+/m1/s1. The number of rotatable bonds is 4. The average molecular weight is 368 g/mol. The summed E-state index contributed by atoms with van der Waals surface area (Å²) in [4.78, 5) is 13.9. The van der Waals surface area contributed by atoms with E-state index < -0.39 is 0 Å². The van der Waals surface area contributed by atoms with E-state index >= 15 is 0 Å². The van der Waals surface area contributed by atoms with Crippen molar-refractivity contribution in [2.45, 2.75) is 32.2 Å². The fourth-order valence-corrected chi connectivity index (χ4v) is 4.22. The van der Waals surface area contributed by atoms with Gasteiger partial charge in [0.25, 0.3) is 5.91 Å². The Hall–Kier alpha value is -2.67. The molecule has 26 heavy (non-hydrogen) atoms. The van der Waals surface area contributed by atoms with Crippen LogP contribution in [0.4, 0.5) is 5.69 Å². The van der Waals surface area contributed by atoms with Gasteiger partial charge in [0.1, 0.15) is 15.5 Å². The number of nitrogens with one attached hydrogen (secondary N) is 1. The van der Waals surface area contributed by atoms with E-state index in [1.165, 1.54) is 16.9 Å². The maximum Gasteiger partial charge on any atom is 0.263 e. The Morgan fingerprint density at radius 1 is 1.27 bits per heavy atom. The largest absolute Gasteiger partial charge is 0.497 e. The average Bonchev–Trinajstić information content (AvgIpc) is 3.32. The van der Waals surface area contributed by atoms with Crippen LogP contribution in [0.2, 0.25) is 0 Å². The summed E-state index contributed by atoms with van der Waals surface area (Å²) in [5.74, 6) is 1.03. The Bertz CT molecular complexity index is 997. The molecule has 4 rings (SSSR count). The molecule has 0 bridgehead atoms. The van der Waals surface area contributed by atoms with Crippen molar-refractivity contribution in [2.75, 3.05) is 12.8 Å². The fraction of sp³-hybridized carbons (Fsp3) is 0.316. The Labute approximate surface area is 155 Å². The minimum Gasteiger partial charge on any atom is -0.497 e. The highest BCUT2D eigenvalue weighted by Crippen LogP contribution is 2.42. The third-order valence-electron chi connectivity index (χ3n) is 4.99. The lowest BCUT2D eigenvalue weighted by molar-refractivity contribution is 0.0955. The van der Waals surface area contributed by atoms with E-state index in [0.717, 1.165) is 28.8 Å². The molecule has 1 saturated carbocycles. The summed E-state index contributed by atoms with van der Waals surface area (Å²) in [5, 5.41) is 12.2. The lowest BCUT2D eigenvalue weighted by Gasteiger charge is -2.05. The molecule has 1 aliphatic rings. The summed E-state index contributed by atoms with van der Waals surface area (Å²) in [6, 6.07) is 8.12. The molecule has 2 atom stereocenters. The van der Waals surface area contributed by atoms with Gasteiger partial charge in [-0.15, -0.1) is 16.4 Å². The van der Waals surface area contributed by atoms with Crippen LogP contribution in [-0.2, 0) is 0 Å². The Kier molecular flexibility index (Phi) is 4.03. The topological polar surface area (TPSA) is 90.1 Å². The number of ether oxygens (including phenoxy) is 1. The monoisotopic (exact) mass is 368 g/mol. The quantitative estimate of drug-likeness (QED) is 0.738. The molecule has 2 aromatic heterocycles. The number of hydrogen-bond donors (Lipinski definition) is 2. The van der Waals surface area contributed by atoms with Gasteiger partial charge in [-0.05, 0) is 43.5 Å². The number of aryl methyl sites for hydroxylation is 2. The number of nitrogens with zero attached hydrogens (tertiary/aromatic N) is 2. The van der Waals surface area contributed by atoms with Crippen LogP contribution in [0.1, 0.15) is 38.8 Å². The van der Waals surface area contributed by atoms with Gasteiger partial charge in [-0.3, -0.25) is 4.79 Å². The van der Waals surface area contributed by atoms with Gasteiger partial charge in [0.15, 0.2) is 0 Å². The van der Waals surface area contributed by atoms with E-state index in [4.69, 9.17) is 10.5 Å². The molecule has 134 valence electrons. The highest BCUT2D eigenvalue weighted by Gasteiger charge is 2.40. The molecule has 0 aliphatic heterocycles. The van der Waals surface area contributed by atoms with Crippen LogP contribution in [0.15, 0.2) is 24.3 Å². The molecule has 0 radical (unpaired) electrons. The zero-order chi connectivity index (χ0) is 18.4. The van der Waals surface area contributed by atoms with Gasteiger partial charge in [-0.2, -0.15) is 5.10 Å². The van der Waals surface area contributed by atoms with E-state index in [9.17, 15) is 4.79 Å². The number of carbonyl (C=O) groups excluding carboxylic acids is 1. The molecular formula is C19H20N4O2S. The summed E-state index contributed by atoms with van der Waals surface area (Å²) in [6.45, 7) is 3.85. The number of benzene rings is 1. The van der Waals surface area contributed by atoms with Crippen molar-refractivity contribution < 1.29 is 9.53 Å². The number of thiophene rings is 1. The van der Waals surface area contributed by atoms with Crippen molar-refractivity contribution in [2.24, 2.45) is 0 Å². The van der Waals surface area contributed by atoms with E-state index in [1.807, 2.05) is 38.1 Å². The van der Waals surface area contributed by atoms with Crippen molar-refractivity contribution in [3.63, 3.8) is 0 Å². The van der Waals surface area contributed by atoms with Crippen molar-refractivity contribution in [1.82, 2.24) is 15.5 Å². The lowest BCUT2D eigenvalue weighted by atomic mass is 10.1. The van der Waals surface area contributed by atoms with Crippen LogP contribution in [-0.4, -0.2) is 29.3 Å². The summed E-state index contributed by atoms with van der Waals surface area (Å²) in [7, 11) is 1.65. The van der Waals surface area contributed by atoms with Crippen LogP contribution < -0.4 is 15.8 Å². The highest BCUT2D eigenvalue weighted by molar-refractivity contribution is 7.21. The van der Waals surface area contributed by atoms with Gasteiger partial charge >= 0.3 is 0 Å². The predicted octanol–water partition coefficient (Wildman–Crippen LogP) is 3.18. The number of methoxy groups -OCH3 is 1.